The van der Waals surface area contributed by atoms with Crippen LogP contribution in [0, 0.1) is 0 Å². The molecule has 0 aliphatic carbocycles. The Kier molecular flexibility index (Phi) is 7.38. The zero-order valence-electron chi connectivity index (χ0n) is 12.7. The zero-order chi connectivity index (χ0) is 15.4. The molecule has 2 heterocycles. The molecule has 0 bridgehead atoms. The van der Waals surface area contributed by atoms with Crippen molar-refractivity contribution in [2.24, 2.45) is 0 Å². The number of rotatable bonds is 5. The van der Waals surface area contributed by atoms with Gasteiger partial charge in [0.25, 0.3) is 5.91 Å². The molecular weight excluding hydrogens is 374 g/mol. The van der Waals surface area contributed by atoms with Crippen LogP contribution >= 0.6 is 28.3 Å². The summed E-state index contributed by atoms with van der Waals surface area (Å²) in [6, 6.07) is 3.48. The van der Waals surface area contributed by atoms with E-state index in [-0.39, 0.29) is 42.6 Å². The van der Waals surface area contributed by atoms with Crippen LogP contribution < -0.4 is 5.32 Å². The van der Waals surface area contributed by atoms with Gasteiger partial charge in [0.2, 0.25) is 5.91 Å². The van der Waals surface area contributed by atoms with E-state index in [9.17, 15) is 9.59 Å². The number of carbonyl (C=O) groups is 2. The molecule has 1 unspecified atom stereocenters. The minimum atomic E-state index is -0.293. The topological polar surface area (TPSA) is 65.8 Å². The van der Waals surface area contributed by atoms with E-state index in [1.165, 1.54) is 4.90 Å². The molecule has 1 N–H and O–H groups in total. The highest BCUT2D eigenvalue weighted by Crippen LogP contribution is 2.18. The van der Waals surface area contributed by atoms with Crippen LogP contribution in [-0.4, -0.2) is 61.4 Å². The summed E-state index contributed by atoms with van der Waals surface area (Å²) in [6.45, 7) is 1.62. The highest BCUT2D eigenvalue weighted by molar-refractivity contribution is 9.10. The Morgan fingerprint density at radius 2 is 2.23 bits per heavy atom. The molecule has 0 saturated carbocycles. The highest BCUT2D eigenvalue weighted by Gasteiger charge is 2.29. The SMILES string of the molecule is CNCC1CCCN1C(=O)CN(C)C(=O)c1ccc(Br)o1.Cl. The van der Waals surface area contributed by atoms with Gasteiger partial charge in [-0.25, -0.2) is 0 Å². The number of amides is 2. The Bertz CT molecular complexity index is 523. The van der Waals surface area contributed by atoms with Crippen LogP contribution in [0.2, 0.25) is 0 Å². The third kappa shape index (κ3) is 4.47. The van der Waals surface area contributed by atoms with Gasteiger partial charge in [0.1, 0.15) is 0 Å². The maximum atomic E-state index is 12.3. The van der Waals surface area contributed by atoms with Crippen LogP contribution in [0.25, 0.3) is 0 Å². The predicted octanol–water partition coefficient (Wildman–Crippen LogP) is 1.75. The fourth-order valence-electron chi connectivity index (χ4n) is 2.59. The lowest BCUT2D eigenvalue weighted by Crippen LogP contribution is -2.46. The minimum absolute atomic E-state index is 0. The molecule has 0 spiro atoms. The van der Waals surface area contributed by atoms with Crippen LogP contribution in [0.3, 0.4) is 0 Å². The number of furan rings is 1. The summed E-state index contributed by atoms with van der Waals surface area (Å²) in [5.41, 5.74) is 0. The number of nitrogens with zero attached hydrogens (tertiary/aromatic N) is 2. The first-order valence-electron chi connectivity index (χ1n) is 6.97. The number of likely N-dealkylation sites (tertiary alicyclic amines) is 1. The standard InChI is InChI=1S/C14H20BrN3O3.ClH/c1-16-8-10-4-3-7-18(10)13(19)9-17(2)14(20)11-5-6-12(15)21-11;/h5-6,10,16H,3-4,7-9H2,1-2H3;1H. The second-order valence-corrected chi connectivity index (χ2v) is 5.99. The second kappa shape index (κ2) is 8.55. The molecule has 1 aliphatic heterocycles. The molecular formula is C14H21BrClN3O3. The van der Waals surface area contributed by atoms with E-state index in [4.69, 9.17) is 4.42 Å². The van der Waals surface area contributed by atoms with Gasteiger partial charge in [0.05, 0.1) is 6.54 Å². The fraction of sp³-hybridized carbons (Fsp3) is 0.571. The largest absolute Gasteiger partial charge is 0.444 e. The number of hydrogen-bond donors (Lipinski definition) is 1. The monoisotopic (exact) mass is 393 g/mol. The van der Waals surface area contributed by atoms with E-state index in [0.717, 1.165) is 25.9 Å². The lowest BCUT2D eigenvalue weighted by Gasteiger charge is -2.26. The Balaban J connectivity index is 0.00000242. The number of nitrogens with one attached hydrogen (secondary N) is 1. The number of halogens is 2. The van der Waals surface area contributed by atoms with E-state index in [0.29, 0.717) is 4.67 Å². The van der Waals surface area contributed by atoms with Crippen molar-refractivity contribution in [1.29, 1.82) is 0 Å². The van der Waals surface area contributed by atoms with Crippen LogP contribution in [0.1, 0.15) is 23.4 Å². The zero-order valence-corrected chi connectivity index (χ0v) is 15.1. The fourth-order valence-corrected chi connectivity index (χ4v) is 2.90. The molecule has 1 atom stereocenters. The molecule has 22 heavy (non-hydrogen) atoms. The van der Waals surface area contributed by atoms with E-state index >= 15 is 0 Å². The van der Waals surface area contributed by atoms with Crippen molar-refractivity contribution in [3.05, 3.63) is 22.6 Å². The minimum Gasteiger partial charge on any atom is -0.444 e. The molecule has 1 aromatic rings. The summed E-state index contributed by atoms with van der Waals surface area (Å²) in [4.78, 5) is 27.7. The van der Waals surface area contributed by atoms with Crippen molar-refractivity contribution in [2.75, 3.05) is 33.7 Å². The van der Waals surface area contributed by atoms with Crippen LogP contribution in [-0.2, 0) is 4.79 Å². The molecule has 2 amide bonds. The van der Waals surface area contributed by atoms with Crippen LogP contribution in [0.5, 0.6) is 0 Å². The average Bonchev–Trinajstić information content (AvgIpc) is 3.07. The van der Waals surface area contributed by atoms with E-state index < -0.39 is 0 Å². The Morgan fingerprint density at radius 3 is 2.82 bits per heavy atom. The summed E-state index contributed by atoms with van der Waals surface area (Å²) in [6.07, 6.45) is 2.02. The number of carbonyl (C=O) groups excluding carboxylic acids is 2. The van der Waals surface area contributed by atoms with E-state index in [1.54, 1.807) is 19.2 Å². The Hall–Kier alpha value is -1.05. The van der Waals surface area contributed by atoms with E-state index in [2.05, 4.69) is 21.2 Å². The molecule has 1 aromatic heterocycles. The van der Waals surface area contributed by atoms with Gasteiger partial charge in [0.15, 0.2) is 10.4 Å². The summed E-state index contributed by atoms with van der Waals surface area (Å²) >= 11 is 3.16. The number of hydrogen-bond acceptors (Lipinski definition) is 4. The first-order valence-corrected chi connectivity index (χ1v) is 7.77. The van der Waals surface area contributed by atoms with Gasteiger partial charge in [-0.3, -0.25) is 9.59 Å². The summed E-state index contributed by atoms with van der Waals surface area (Å²) in [5, 5.41) is 3.10. The van der Waals surface area contributed by atoms with Gasteiger partial charge in [-0.2, -0.15) is 0 Å². The maximum absolute atomic E-state index is 12.3. The second-order valence-electron chi connectivity index (χ2n) is 5.21. The third-order valence-corrected chi connectivity index (χ3v) is 4.07. The molecule has 6 nitrogen and oxygen atoms in total. The van der Waals surface area contributed by atoms with Crippen molar-refractivity contribution in [3.8, 4) is 0 Å². The molecule has 1 saturated heterocycles. The molecule has 0 radical (unpaired) electrons. The van der Waals surface area contributed by atoms with Crippen molar-refractivity contribution in [3.63, 3.8) is 0 Å². The van der Waals surface area contributed by atoms with Gasteiger partial charge in [0, 0.05) is 26.2 Å². The van der Waals surface area contributed by atoms with E-state index in [1.807, 2.05) is 11.9 Å². The summed E-state index contributed by atoms with van der Waals surface area (Å²) < 4.78 is 5.72. The summed E-state index contributed by atoms with van der Waals surface area (Å²) in [5.74, 6) is -0.0852. The van der Waals surface area contributed by atoms with Crippen LogP contribution in [0.4, 0.5) is 0 Å². The average molecular weight is 395 g/mol. The molecule has 124 valence electrons. The molecule has 1 aliphatic rings. The first-order chi connectivity index (χ1) is 10.0. The van der Waals surface area contributed by atoms with Crippen molar-refractivity contribution in [2.45, 2.75) is 18.9 Å². The normalized spacial score (nSPS) is 17.2. The third-order valence-electron chi connectivity index (χ3n) is 3.64. The maximum Gasteiger partial charge on any atom is 0.289 e. The van der Waals surface area contributed by atoms with Crippen LogP contribution in [0.15, 0.2) is 21.2 Å². The highest BCUT2D eigenvalue weighted by atomic mass is 79.9. The first kappa shape index (κ1) is 19.0. The molecule has 2 rings (SSSR count). The van der Waals surface area contributed by atoms with Gasteiger partial charge in [-0.15, -0.1) is 12.4 Å². The summed E-state index contributed by atoms with van der Waals surface area (Å²) in [7, 11) is 3.49. The van der Waals surface area contributed by atoms with Crippen molar-refractivity contribution in [1.82, 2.24) is 15.1 Å². The Morgan fingerprint density at radius 1 is 1.50 bits per heavy atom. The predicted molar refractivity (Wildman–Crippen MR) is 89.3 cm³/mol. The quantitative estimate of drug-likeness (QED) is 0.826. The van der Waals surface area contributed by atoms with Crippen molar-refractivity contribution >= 4 is 40.2 Å². The Labute approximate surface area is 144 Å². The smallest absolute Gasteiger partial charge is 0.289 e. The van der Waals surface area contributed by atoms with Gasteiger partial charge in [-0.05, 0) is 48.0 Å². The van der Waals surface area contributed by atoms with Gasteiger partial charge < -0.3 is 19.5 Å². The van der Waals surface area contributed by atoms with Gasteiger partial charge >= 0.3 is 0 Å². The van der Waals surface area contributed by atoms with Gasteiger partial charge in [-0.1, -0.05) is 0 Å². The molecule has 8 heteroatoms. The number of likely N-dealkylation sites (N-methyl/N-ethyl adjacent to an activating group) is 2. The lowest BCUT2D eigenvalue weighted by molar-refractivity contribution is -0.132. The molecule has 1 fully saturated rings. The lowest BCUT2D eigenvalue weighted by atomic mass is 10.2. The van der Waals surface area contributed by atoms with Crippen molar-refractivity contribution < 1.29 is 14.0 Å². The molecule has 0 aromatic carbocycles.